The lowest BCUT2D eigenvalue weighted by molar-refractivity contribution is 0.0945. The topological polar surface area (TPSA) is 73.9 Å². The highest BCUT2D eigenvalue weighted by atomic mass is 19.1. The van der Waals surface area contributed by atoms with Gasteiger partial charge in [0.1, 0.15) is 5.82 Å². The van der Waals surface area contributed by atoms with E-state index < -0.39 is 5.95 Å². The van der Waals surface area contributed by atoms with Crippen molar-refractivity contribution in [3.63, 3.8) is 0 Å². The standard InChI is InChI=1S/C18H22FN5O/c19-15-8-3-9-16(21-15)24-10-4-5-12(24)11-20-18(25)17-13-6-1-2-7-14(13)22-23-17/h3,8-9,12H,1-2,4-7,10-11H2,(H,20,25)(H,22,23). The number of nitrogens with one attached hydrogen (secondary N) is 2. The van der Waals surface area contributed by atoms with Gasteiger partial charge >= 0.3 is 0 Å². The summed E-state index contributed by atoms with van der Waals surface area (Å²) in [6, 6.07) is 4.96. The van der Waals surface area contributed by atoms with Crippen molar-refractivity contribution in [3.8, 4) is 0 Å². The molecular formula is C18H22FN5O. The van der Waals surface area contributed by atoms with Crippen molar-refractivity contribution in [2.45, 2.75) is 44.6 Å². The van der Waals surface area contributed by atoms with E-state index >= 15 is 0 Å². The summed E-state index contributed by atoms with van der Waals surface area (Å²) in [7, 11) is 0. The number of anilines is 1. The molecule has 3 heterocycles. The van der Waals surface area contributed by atoms with Gasteiger partial charge in [0, 0.05) is 30.4 Å². The van der Waals surface area contributed by atoms with Gasteiger partial charge in [0.2, 0.25) is 5.95 Å². The summed E-state index contributed by atoms with van der Waals surface area (Å²) in [5, 5.41) is 10.2. The molecule has 0 aromatic carbocycles. The van der Waals surface area contributed by atoms with Gasteiger partial charge in [-0.25, -0.2) is 4.98 Å². The fourth-order valence-electron chi connectivity index (χ4n) is 3.87. The Labute approximate surface area is 145 Å². The summed E-state index contributed by atoms with van der Waals surface area (Å²) in [4.78, 5) is 18.6. The number of carbonyl (C=O) groups excluding carboxylic acids is 1. The van der Waals surface area contributed by atoms with Crippen LogP contribution in [0.2, 0.25) is 0 Å². The second-order valence-electron chi connectivity index (χ2n) is 6.75. The van der Waals surface area contributed by atoms with Crippen LogP contribution < -0.4 is 10.2 Å². The maximum atomic E-state index is 13.4. The van der Waals surface area contributed by atoms with E-state index in [0.29, 0.717) is 18.1 Å². The number of rotatable bonds is 4. The normalized spacial score (nSPS) is 19.7. The van der Waals surface area contributed by atoms with Gasteiger partial charge in [0.15, 0.2) is 5.69 Å². The fourth-order valence-corrected chi connectivity index (χ4v) is 3.87. The molecule has 2 N–H and O–H groups in total. The van der Waals surface area contributed by atoms with Crippen LogP contribution in [0.4, 0.5) is 10.2 Å². The van der Waals surface area contributed by atoms with Crippen molar-refractivity contribution in [1.29, 1.82) is 0 Å². The largest absolute Gasteiger partial charge is 0.352 e. The molecule has 2 aromatic rings. The van der Waals surface area contributed by atoms with E-state index in [-0.39, 0.29) is 11.9 Å². The number of aryl methyl sites for hydroxylation is 1. The van der Waals surface area contributed by atoms with Crippen LogP contribution in [-0.2, 0) is 12.8 Å². The smallest absolute Gasteiger partial charge is 0.272 e. The highest BCUT2D eigenvalue weighted by Gasteiger charge is 2.27. The molecule has 1 atom stereocenters. The minimum absolute atomic E-state index is 0.126. The molecule has 6 nitrogen and oxygen atoms in total. The van der Waals surface area contributed by atoms with Gasteiger partial charge < -0.3 is 10.2 Å². The lowest BCUT2D eigenvalue weighted by atomic mass is 9.96. The van der Waals surface area contributed by atoms with Crippen molar-refractivity contribution in [2.75, 3.05) is 18.0 Å². The zero-order valence-electron chi connectivity index (χ0n) is 14.1. The first-order chi connectivity index (χ1) is 12.2. The molecule has 7 heteroatoms. The molecule has 1 aliphatic heterocycles. The molecule has 2 aliphatic rings. The number of hydrogen-bond acceptors (Lipinski definition) is 4. The molecule has 1 aliphatic carbocycles. The third-order valence-electron chi connectivity index (χ3n) is 5.14. The van der Waals surface area contributed by atoms with Crippen LogP contribution in [0, 0.1) is 5.95 Å². The average molecular weight is 343 g/mol. The second-order valence-corrected chi connectivity index (χ2v) is 6.75. The number of amides is 1. The summed E-state index contributed by atoms with van der Waals surface area (Å²) >= 11 is 0. The van der Waals surface area contributed by atoms with Crippen LogP contribution in [0.25, 0.3) is 0 Å². The summed E-state index contributed by atoms with van der Waals surface area (Å²) in [5.74, 6) is 0.0303. The molecule has 2 aromatic heterocycles. The van der Waals surface area contributed by atoms with Crippen molar-refractivity contribution >= 4 is 11.7 Å². The predicted molar refractivity (Wildman–Crippen MR) is 92.1 cm³/mol. The van der Waals surface area contributed by atoms with Crippen molar-refractivity contribution < 1.29 is 9.18 Å². The first-order valence-electron chi connectivity index (χ1n) is 8.96. The Bertz CT molecular complexity index is 775. The Hall–Kier alpha value is -2.44. The molecule has 4 rings (SSSR count). The highest BCUT2D eigenvalue weighted by molar-refractivity contribution is 5.94. The molecule has 0 radical (unpaired) electrons. The van der Waals surface area contributed by atoms with E-state index in [0.717, 1.165) is 56.3 Å². The number of aromatic nitrogens is 3. The minimum Gasteiger partial charge on any atom is -0.352 e. The Morgan fingerprint density at radius 3 is 3.08 bits per heavy atom. The third kappa shape index (κ3) is 3.23. The van der Waals surface area contributed by atoms with Crippen molar-refractivity contribution in [2.24, 2.45) is 0 Å². The quantitative estimate of drug-likeness (QED) is 0.835. The zero-order valence-corrected chi connectivity index (χ0v) is 14.1. The SMILES string of the molecule is O=C(NCC1CCCN1c1cccc(F)n1)c1n[nH]c2c1CCCC2. The maximum absolute atomic E-state index is 13.4. The van der Waals surface area contributed by atoms with E-state index in [1.807, 2.05) is 6.07 Å². The van der Waals surface area contributed by atoms with Gasteiger partial charge in [0.05, 0.1) is 0 Å². The monoisotopic (exact) mass is 343 g/mol. The molecule has 0 spiro atoms. The van der Waals surface area contributed by atoms with Gasteiger partial charge in [-0.15, -0.1) is 0 Å². The maximum Gasteiger partial charge on any atom is 0.272 e. The number of hydrogen-bond donors (Lipinski definition) is 2. The zero-order chi connectivity index (χ0) is 17.2. The number of aromatic amines is 1. The molecule has 25 heavy (non-hydrogen) atoms. The number of nitrogens with zero attached hydrogens (tertiary/aromatic N) is 3. The van der Waals surface area contributed by atoms with Gasteiger partial charge in [-0.2, -0.15) is 9.49 Å². The fraction of sp³-hybridized carbons (Fsp3) is 0.500. The van der Waals surface area contributed by atoms with Crippen LogP contribution in [-0.4, -0.2) is 40.2 Å². The number of pyridine rings is 1. The van der Waals surface area contributed by atoms with Gasteiger partial charge in [-0.1, -0.05) is 6.07 Å². The summed E-state index contributed by atoms with van der Waals surface area (Å²) < 4.78 is 13.4. The minimum atomic E-state index is -0.477. The van der Waals surface area contributed by atoms with E-state index in [1.54, 1.807) is 6.07 Å². The molecule has 132 valence electrons. The van der Waals surface area contributed by atoms with Crippen LogP contribution in [0.1, 0.15) is 47.4 Å². The number of fused-ring (bicyclic) bond motifs is 1. The molecular weight excluding hydrogens is 321 g/mol. The lowest BCUT2D eigenvalue weighted by Crippen LogP contribution is -2.41. The van der Waals surface area contributed by atoms with E-state index in [9.17, 15) is 9.18 Å². The Kier molecular flexibility index (Phi) is 4.38. The van der Waals surface area contributed by atoms with E-state index in [1.165, 1.54) is 6.07 Å². The lowest BCUT2D eigenvalue weighted by Gasteiger charge is -2.25. The van der Waals surface area contributed by atoms with Crippen molar-refractivity contribution in [1.82, 2.24) is 20.5 Å². The van der Waals surface area contributed by atoms with Gasteiger partial charge in [-0.05, 0) is 50.7 Å². The van der Waals surface area contributed by atoms with E-state index in [4.69, 9.17) is 0 Å². The molecule has 1 saturated heterocycles. The first kappa shape index (κ1) is 16.1. The number of H-pyrrole nitrogens is 1. The molecule has 0 bridgehead atoms. The van der Waals surface area contributed by atoms with Crippen LogP contribution in [0.15, 0.2) is 18.2 Å². The summed E-state index contributed by atoms with van der Waals surface area (Å²) in [5.41, 5.74) is 2.70. The highest BCUT2D eigenvalue weighted by Crippen LogP contribution is 2.24. The number of carbonyl (C=O) groups is 1. The van der Waals surface area contributed by atoms with Gasteiger partial charge in [-0.3, -0.25) is 9.89 Å². The molecule has 1 amide bonds. The average Bonchev–Trinajstić information content (AvgIpc) is 3.26. The van der Waals surface area contributed by atoms with Crippen molar-refractivity contribution in [3.05, 3.63) is 41.1 Å². The van der Waals surface area contributed by atoms with Crippen LogP contribution in [0.5, 0.6) is 0 Å². The predicted octanol–water partition coefficient (Wildman–Crippen LogP) is 2.22. The first-order valence-corrected chi connectivity index (χ1v) is 8.96. The molecule has 1 unspecified atom stereocenters. The summed E-state index contributed by atoms with van der Waals surface area (Å²) in [6.07, 6.45) is 6.10. The summed E-state index contributed by atoms with van der Waals surface area (Å²) in [6.45, 7) is 1.34. The Morgan fingerprint density at radius 2 is 2.20 bits per heavy atom. The third-order valence-corrected chi connectivity index (χ3v) is 5.14. The Balaban J connectivity index is 1.42. The number of halogens is 1. The van der Waals surface area contributed by atoms with Gasteiger partial charge in [0.25, 0.3) is 5.91 Å². The van der Waals surface area contributed by atoms with Crippen LogP contribution in [0.3, 0.4) is 0 Å². The molecule has 1 fully saturated rings. The molecule has 0 saturated carbocycles. The second kappa shape index (κ2) is 6.82. The van der Waals surface area contributed by atoms with Crippen LogP contribution >= 0.6 is 0 Å². The van der Waals surface area contributed by atoms with E-state index in [2.05, 4.69) is 25.4 Å². The Morgan fingerprint density at radius 1 is 1.32 bits per heavy atom.